The fraction of sp³-hybridized carbons (Fsp3) is 0.200. The molecule has 0 aliphatic heterocycles. The van der Waals surface area contributed by atoms with Crippen LogP contribution in [0.2, 0.25) is 10.0 Å². The van der Waals surface area contributed by atoms with E-state index in [1.165, 1.54) is 0 Å². The van der Waals surface area contributed by atoms with E-state index in [1.54, 1.807) is 26.4 Å². The van der Waals surface area contributed by atoms with E-state index in [-0.39, 0.29) is 0 Å². The molecule has 0 aliphatic carbocycles. The van der Waals surface area contributed by atoms with Crippen molar-refractivity contribution in [2.45, 2.75) is 6.54 Å². The zero-order valence-corrected chi connectivity index (χ0v) is 12.8. The number of nitrogens with one attached hydrogen (secondary N) is 1. The molecule has 0 unspecified atom stereocenters. The molecule has 20 heavy (non-hydrogen) atoms. The number of ether oxygens (including phenoxy) is 2. The molecule has 2 aromatic rings. The Morgan fingerprint density at radius 1 is 0.950 bits per heavy atom. The second-order valence-corrected chi connectivity index (χ2v) is 4.99. The number of hydrogen-bond acceptors (Lipinski definition) is 3. The maximum Gasteiger partial charge on any atom is 0.122 e. The molecule has 0 radical (unpaired) electrons. The van der Waals surface area contributed by atoms with Gasteiger partial charge in [-0.3, -0.25) is 0 Å². The zero-order valence-electron chi connectivity index (χ0n) is 11.2. The summed E-state index contributed by atoms with van der Waals surface area (Å²) >= 11 is 12.2. The van der Waals surface area contributed by atoms with Crippen LogP contribution >= 0.6 is 23.2 Å². The van der Waals surface area contributed by atoms with Gasteiger partial charge in [0.2, 0.25) is 0 Å². The highest BCUT2D eigenvalue weighted by molar-refractivity contribution is 6.39. The number of benzene rings is 2. The molecule has 0 heterocycles. The number of hydrogen-bond donors (Lipinski definition) is 1. The average molecular weight is 312 g/mol. The molecule has 0 amide bonds. The van der Waals surface area contributed by atoms with E-state index in [4.69, 9.17) is 32.7 Å². The van der Waals surface area contributed by atoms with Crippen molar-refractivity contribution >= 4 is 28.9 Å². The number of anilines is 1. The van der Waals surface area contributed by atoms with Crippen LogP contribution in [-0.2, 0) is 6.54 Å². The maximum atomic E-state index is 6.12. The van der Waals surface area contributed by atoms with Crippen LogP contribution in [0.3, 0.4) is 0 Å². The van der Waals surface area contributed by atoms with Crippen molar-refractivity contribution in [1.82, 2.24) is 0 Å². The number of halogens is 2. The van der Waals surface area contributed by atoms with Gasteiger partial charge in [0.15, 0.2) is 0 Å². The van der Waals surface area contributed by atoms with Crippen LogP contribution in [0.25, 0.3) is 0 Å². The molecule has 106 valence electrons. The monoisotopic (exact) mass is 311 g/mol. The van der Waals surface area contributed by atoms with Crippen LogP contribution in [0.5, 0.6) is 11.5 Å². The fourth-order valence-electron chi connectivity index (χ4n) is 1.83. The Hall–Kier alpha value is -1.58. The summed E-state index contributed by atoms with van der Waals surface area (Å²) in [5.41, 5.74) is 1.73. The third-order valence-electron chi connectivity index (χ3n) is 2.84. The third-order valence-corrected chi connectivity index (χ3v) is 3.47. The van der Waals surface area contributed by atoms with Gasteiger partial charge in [0.1, 0.15) is 11.5 Å². The van der Waals surface area contributed by atoms with Crippen LogP contribution < -0.4 is 14.8 Å². The summed E-state index contributed by atoms with van der Waals surface area (Å²) in [6, 6.07) is 11.1. The van der Waals surface area contributed by atoms with Gasteiger partial charge in [0.05, 0.1) is 30.0 Å². The minimum absolute atomic E-state index is 0.566. The topological polar surface area (TPSA) is 30.5 Å². The molecular formula is C15H15Cl2NO2. The first-order chi connectivity index (χ1) is 9.63. The summed E-state index contributed by atoms with van der Waals surface area (Å²) in [7, 11) is 3.24. The molecule has 0 spiro atoms. The van der Waals surface area contributed by atoms with E-state index >= 15 is 0 Å². The van der Waals surface area contributed by atoms with Gasteiger partial charge in [-0.25, -0.2) is 0 Å². The molecular weight excluding hydrogens is 297 g/mol. The molecule has 0 atom stereocenters. The van der Waals surface area contributed by atoms with Gasteiger partial charge in [-0.2, -0.15) is 0 Å². The van der Waals surface area contributed by atoms with Gasteiger partial charge in [-0.05, 0) is 29.8 Å². The van der Waals surface area contributed by atoms with Gasteiger partial charge in [-0.15, -0.1) is 0 Å². The van der Waals surface area contributed by atoms with Crippen molar-refractivity contribution in [3.05, 3.63) is 52.0 Å². The highest BCUT2D eigenvalue weighted by Crippen LogP contribution is 2.31. The second-order valence-electron chi connectivity index (χ2n) is 4.17. The average Bonchev–Trinajstić information content (AvgIpc) is 2.46. The molecule has 0 aromatic heterocycles. The Balaban J connectivity index is 2.18. The van der Waals surface area contributed by atoms with E-state index < -0.39 is 0 Å². The highest BCUT2D eigenvalue weighted by Gasteiger charge is 2.06. The van der Waals surface area contributed by atoms with Crippen LogP contribution in [0.4, 0.5) is 5.69 Å². The molecule has 5 heteroatoms. The highest BCUT2D eigenvalue weighted by atomic mass is 35.5. The van der Waals surface area contributed by atoms with Crippen LogP contribution in [0.1, 0.15) is 5.56 Å². The lowest BCUT2D eigenvalue weighted by Gasteiger charge is -2.12. The summed E-state index contributed by atoms with van der Waals surface area (Å²) in [6.45, 7) is 0.566. The van der Waals surface area contributed by atoms with Crippen molar-refractivity contribution < 1.29 is 9.47 Å². The number of rotatable bonds is 5. The Kier molecular flexibility index (Phi) is 4.99. The first-order valence-electron chi connectivity index (χ1n) is 6.04. The molecule has 0 aliphatic rings. The smallest absolute Gasteiger partial charge is 0.122 e. The SMILES string of the molecule is COc1cc(CNc2c(Cl)cccc2Cl)cc(OC)c1. The molecule has 1 N–H and O–H groups in total. The van der Waals surface area contributed by atoms with Gasteiger partial charge in [-0.1, -0.05) is 29.3 Å². The Bertz CT molecular complexity index is 560. The summed E-state index contributed by atoms with van der Waals surface area (Å²) in [5, 5.41) is 4.41. The normalized spacial score (nSPS) is 10.2. The lowest BCUT2D eigenvalue weighted by Crippen LogP contribution is -2.01. The largest absolute Gasteiger partial charge is 0.497 e. The summed E-state index contributed by atoms with van der Waals surface area (Å²) in [4.78, 5) is 0. The quantitative estimate of drug-likeness (QED) is 0.873. The summed E-state index contributed by atoms with van der Waals surface area (Å²) < 4.78 is 10.5. The van der Waals surface area contributed by atoms with Gasteiger partial charge >= 0.3 is 0 Å². The number of methoxy groups -OCH3 is 2. The standard InChI is InChI=1S/C15H15Cl2NO2/c1-19-11-6-10(7-12(8-11)20-2)9-18-15-13(16)4-3-5-14(15)17/h3-8,18H,9H2,1-2H3. The van der Waals surface area contributed by atoms with Crippen LogP contribution in [0, 0.1) is 0 Å². The molecule has 2 rings (SSSR count). The van der Waals surface area contributed by atoms with Crippen molar-refractivity contribution in [1.29, 1.82) is 0 Å². The summed E-state index contributed by atoms with van der Waals surface area (Å²) in [5.74, 6) is 1.48. The predicted molar refractivity (Wildman–Crippen MR) is 83.3 cm³/mol. The van der Waals surface area contributed by atoms with Gasteiger partial charge in [0, 0.05) is 12.6 Å². The lowest BCUT2D eigenvalue weighted by molar-refractivity contribution is 0.393. The second kappa shape index (κ2) is 6.73. The third kappa shape index (κ3) is 3.50. The number of para-hydroxylation sites is 1. The van der Waals surface area contributed by atoms with Crippen LogP contribution in [-0.4, -0.2) is 14.2 Å². The van der Waals surface area contributed by atoms with E-state index in [2.05, 4.69) is 5.32 Å². The molecule has 2 aromatic carbocycles. The van der Waals surface area contributed by atoms with Gasteiger partial charge < -0.3 is 14.8 Å². The first-order valence-corrected chi connectivity index (χ1v) is 6.79. The Morgan fingerprint density at radius 3 is 2.00 bits per heavy atom. The molecule has 3 nitrogen and oxygen atoms in total. The van der Waals surface area contributed by atoms with Crippen molar-refractivity contribution in [3.8, 4) is 11.5 Å². The van der Waals surface area contributed by atoms with Crippen molar-refractivity contribution in [3.63, 3.8) is 0 Å². The van der Waals surface area contributed by atoms with E-state index in [9.17, 15) is 0 Å². The lowest BCUT2D eigenvalue weighted by atomic mass is 10.2. The molecule has 0 fully saturated rings. The molecule has 0 saturated heterocycles. The minimum atomic E-state index is 0.566. The fourth-order valence-corrected chi connectivity index (χ4v) is 2.36. The van der Waals surface area contributed by atoms with Gasteiger partial charge in [0.25, 0.3) is 0 Å². The first kappa shape index (κ1) is 14.8. The zero-order chi connectivity index (χ0) is 14.5. The Labute approximate surface area is 128 Å². The van der Waals surface area contributed by atoms with E-state index in [0.717, 1.165) is 22.7 Å². The van der Waals surface area contributed by atoms with Crippen molar-refractivity contribution in [2.24, 2.45) is 0 Å². The molecule has 0 bridgehead atoms. The predicted octanol–water partition coefficient (Wildman–Crippen LogP) is 4.62. The molecule has 0 saturated carbocycles. The van der Waals surface area contributed by atoms with Crippen LogP contribution in [0.15, 0.2) is 36.4 Å². The van der Waals surface area contributed by atoms with Crippen molar-refractivity contribution in [2.75, 3.05) is 19.5 Å². The maximum absolute atomic E-state index is 6.12. The van der Waals surface area contributed by atoms with E-state index in [1.807, 2.05) is 24.3 Å². The Morgan fingerprint density at radius 2 is 1.50 bits per heavy atom. The van der Waals surface area contributed by atoms with E-state index in [0.29, 0.717) is 16.6 Å². The summed E-state index contributed by atoms with van der Waals surface area (Å²) in [6.07, 6.45) is 0. The minimum Gasteiger partial charge on any atom is -0.497 e.